The van der Waals surface area contributed by atoms with Crippen LogP contribution in [-0.4, -0.2) is 36.2 Å². The molecular weight excluding hydrogens is 114 g/mol. The van der Waals surface area contributed by atoms with Crippen LogP contribution in [0.25, 0.3) is 0 Å². The second-order valence-corrected chi connectivity index (χ2v) is 3.12. The van der Waals surface area contributed by atoms with Gasteiger partial charge < -0.3 is 10.0 Å². The Kier molecular flexibility index (Phi) is 2.09. The van der Waals surface area contributed by atoms with Crippen molar-refractivity contribution in [2.75, 3.05) is 20.2 Å². The lowest BCUT2D eigenvalue weighted by molar-refractivity contribution is 0.182. The van der Waals surface area contributed by atoms with Crippen molar-refractivity contribution in [3.8, 4) is 0 Å². The van der Waals surface area contributed by atoms with Crippen LogP contribution >= 0.6 is 0 Å². The first-order valence-electron chi connectivity index (χ1n) is 3.55. The highest BCUT2D eigenvalue weighted by atomic mass is 16.3. The standard InChI is InChI=1S/C7H15NO/c1-6-3-7(5-9)8(2)4-6/h6-7,9H,3-5H2,1-2H3/t6-,7?/m1/s1. The zero-order chi connectivity index (χ0) is 6.85. The van der Waals surface area contributed by atoms with Crippen LogP contribution in [0.2, 0.25) is 0 Å². The molecule has 1 N–H and O–H groups in total. The number of rotatable bonds is 1. The lowest BCUT2D eigenvalue weighted by Crippen LogP contribution is -2.27. The molecule has 0 amide bonds. The van der Waals surface area contributed by atoms with E-state index in [4.69, 9.17) is 5.11 Å². The van der Waals surface area contributed by atoms with Gasteiger partial charge in [0.1, 0.15) is 0 Å². The van der Waals surface area contributed by atoms with Crippen molar-refractivity contribution in [3.05, 3.63) is 0 Å². The van der Waals surface area contributed by atoms with Crippen LogP contribution in [0.15, 0.2) is 0 Å². The highest BCUT2D eigenvalue weighted by Gasteiger charge is 2.25. The number of hydrogen-bond donors (Lipinski definition) is 1. The van der Waals surface area contributed by atoms with E-state index in [1.54, 1.807) is 0 Å². The summed E-state index contributed by atoms with van der Waals surface area (Å²) in [4.78, 5) is 2.23. The Hall–Kier alpha value is -0.0800. The predicted octanol–water partition coefficient (Wildman–Crippen LogP) is 0.319. The Bertz CT molecular complexity index is 94.9. The van der Waals surface area contributed by atoms with Gasteiger partial charge in [-0.3, -0.25) is 0 Å². The molecule has 0 aromatic carbocycles. The summed E-state index contributed by atoms with van der Waals surface area (Å²) in [6, 6.07) is 0.431. The maximum absolute atomic E-state index is 8.81. The first kappa shape index (κ1) is 7.03. The molecule has 0 aromatic rings. The zero-order valence-electron chi connectivity index (χ0n) is 6.17. The normalized spacial score (nSPS) is 37.7. The van der Waals surface area contributed by atoms with Crippen LogP contribution in [0.5, 0.6) is 0 Å². The van der Waals surface area contributed by atoms with Gasteiger partial charge in [-0.1, -0.05) is 6.92 Å². The average molecular weight is 129 g/mol. The molecule has 2 atom stereocenters. The first-order chi connectivity index (χ1) is 4.24. The molecule has 1 saturated heterocycles. The highest BCUT2D eigenvalue weighted by Crippen LogP contribution is 2.19. The fourth-order valence-corrected chi connectivity index (χ4v) is 1.57. The van der Waals surface area contributed by atoms with Crippen molar-refractivity contribution < 1.29 is 5.11 Å². The molecule has 1 fully saturated rings. The molecule has 9 heavy (non-hydrogen) atoms. The summed E-state index contributed by atoms with van der Waals surface area (Å²) >= 11 is 0. The van der Waals surface area contributed by atoms with Gasteiger partial charge in [0.2, 0.25) is 0 Å². The molecule has 0 spiro atoms. The number of aliphatic hydroxyl groups excluding tert-OH is 1. The van der Waals surface area contributed by atoms with Crippen molar-refractivity contribution in [1.29, 1.82) is 0 Å². The minimum atomic E-state index is 0.320. The van der Waals surface area contributed by atoms with Crippen LogP contribution in [0.4, 0.5) is 0 Å². The third-order valence-electron chi connectivity index (χ3n) is 2.11. The Morgan fingerprint density at radius 1 is 1.67 bits per heavy atom. The van der Waals surface area contributed by atoms with Gasteiger partial charge in [-0.05, 0) is 19.4 Å². The van der Waals surface area contributed by atoms with Crippen LogP contribution in [0.1, 0.15) is 13.3 Å². The summed E-state index contributed by atoms with van der Waals surface area (Å²) in [5, 5.41) is 8.81. The van der Waals surface area contributed by atoms with E-state index < -0.39 is 0 Å². The zero-order valence-corrected chi connectivity index (χ0v) is 6.17. The van der Waals surface area contributed by atoms with E-state index in [2.05, 4.69) is 18.9 Å². The van der Waals surface area contributed by atoms with Crippen molar-refractivity contribution in [2.45, 2.75) is 19.4 Å². The van der Waals surface area contributed by atoms with Gasteiger partial charge in [0, 0.05) is 12.6 Å². The van der Waals surface area contributed by atoms with E-state index in [-0.39, 0.29) is 0 Å². The summed E-state index contributed by atoms with van der Waals surface area (Å²) in [6.45, 7) is 3.69. The summed E-state index contributed by atoms with van der Waals surface area (Å²) in [5.74, 6) is 0.771. The second kappa shape index (κ2) is 2.67. The third-order valence-corrected chi connectivity index (χ3v) is 2.11. The largest absolute Gasteiger partial charge is 0.395 e. The van der Waals surface area contributed by atoms with E-state index >= 15 is 0 Å². The summed E-state index contributed by atoms with van der Waals surface area (Å²) < 4.78 is 0. The van der Waals surface area contributed by atoms with Crippen molar-refractivity contribution in [2.24, 2.45) is 5.92 Å². The number of aliphatic hydroxyl groups is 1. The van der Waals surface area contributed by atoms with Crippen LogP contribution in [-0.2, 0) is 0 Å². The lowest BCUT2D eigenvalue weighted by Gasteiger charge is -2.15. The molecule has 1 heterocycles. The molecule has 1 aliphatic rings. The van der Waals surface area contributed by atoms with E-state index in [0.717, 1.165) is 18.9 Å². The second-order valence-electron chi connectivity index (χ2n) is 3.12. The molecule has 2 nitrogen and oxygen atoms in total. The van der Waals surface area contributed by atoms with Crippen LogP contribution < -0.4 is 0 Å². The number of hydrogen-bond acceptors (Lipinski definition) is 2. The topological polar surface area (TPSA) is 23.5 Å². The molecular formula is C7H15NO. The predicted molar refractivity (Wildman–Crippen MR) is 37.3 cm³/mol. The maximum Gasteiger partial charge on any atom is 0.0586 e. The number of likely N-dealkylation sites (N-methyl/N-ethyl adjacent to an activating group) is 1. The third kappa shape index (κ3) is 1.43. The monoisotopic (exact) mass is 129 g/mol. The molecule has 0 aromatic heterocycles. The summed E-state index contributed by atoms with van der Waals surface area (Å²) in [5.41, 5.74) is 0. The molecule has 1 rings (SSSR count). The smallest absolute Gasteiger partial charge is 0.0586 e. The molecule has 0 saturated carbocycles. The van der Waals surface area contributed by atoms with Crippen molar-refractivity contribution in [1.82, 2.24) is 4.90 Å². The minimum absolute atomic E-state index is 0.320. The van der Waals surface area contributed by atoms with E-state index in [9.17, 15) is 0 Å². The number of likely N-dealkylation sites (tertiary alicyclic amines) is 1. The van der Waals surface area contributed by atoms with E-state index in [1.807, 2.05) is 0 Å². The Labute approximate surface area is 56.5 Å². The maximum atomic E-state index is 8.81. The van der Waals surface area contributed by atoms with E-state index in [0.29, 0.717) is 12.6 Å². The van der Waals surface area contributed by atoms with Gasteiger partial charge in [0.05, 0.1) is 6.61 Å². The fourth-order valence-electron chi connectivity index (χ4n) is 1.57. The molecule has 1 unspecified atom stereocenters. The Morgan fingerprint density at radius 2 is 2.33 bits per heavy atom. The van der Waals surface area contributed by atoms with Crippen molar-refractivity contribution >= 4 is 0 Å². The molecule has 0 aliphatic carbocycles. The van der Waals surface area contributed by atoms with Gasteiger partial charge in [-0.25, -0.2) is 0 Å². The molecule has 54 valence electrons. The summed E-state index contributed by atoms with van der Waals surface area (Å²) in [6.07, 6.45) is 1.16. The lowest BCUT2D eigenvalue weighted by atomic mass is 10.1. The molecule has 0 radical (unpaired) electrons. The molecule has 0 bridgehead atoms. The highest BCUT2D eigenvalue weighted by molar-refractivity contribution is 4.79. The van der Waals surface area contributed by atoms with Crippen LogP contribution in [0, 0.1) is 5.92 Å². The van der Waals surface area contributed by atoms with Crippen molar-refractivity contribution in [3.63, 3.8) is 0 Å². The first-order valence-corrected chi connectivity index (χ1v) is 3.55. The molecule has 2 heteroatoms. The average Bonchev–Trinajstić information content (AvgIpc) is 2.10. The van der Waals surface area contributed by atoms with E-state index in [1.165, 1.54) is 0 Å². The SMILES string of the molecule is C[C@@H]1CC(CO)N(C)C1. The van der Waals surface area contributed by atoms with Gasteiger partial charge >= 0.3 is 0 Å². The van der Waals surface area contributed by atoms with Crippen LogP contribution in [0.3, 0.4) is 0 Å². The summed E-state index contributed by atoms with van der Waals surface area (Å²) in [7, 11) is 2.07. The fraction of sp³-hybridized carbons (Fsp3) is 1.00. The minimum Gasteiger partial charge on any atom is -0.395 e. The Balaban J connectivity index is 2.38. The van der Waals surface area contributed by atoms with Gasteiger partial charge in [-0.15, -0.1) is 0 Å². The molecule has 1 aliphatic heterocycles. The Morgan fingerprint density at radius 3 is 2.56 bits per heavy atom. The van der Waals surface area contributed by atoms with Gasteiger partial charge in [0.15, 0.2) is 0 Å². The quantitative estimate of drug-likeness (QED) is 0.551. The van der Waals surface area contributed by atoms with Gasteiger partial charge in [-0.2, -0.15) is 0 Å². The van der Waals surface area contributed by atoms with Gasteiger partial charge in [0.25, 0.3) is 0 Å². The number of nitrogens with zero attached hydrogens (tertiary/aromatic N) is 1.